The normalized spacial score (nSPS) is 10.4. The Morgan fingerprint density at radius 2 is 1.95 bits per heavy atom. The number of esters is 1. The van der Waals surface area contributed by atoms with E-state index in [0.29, 0.717) is 0 Å². The van der Waals surface area contributed by atoms with Crippen LogP contribution in [0.4, 0.5) is 5.69 Å². The minimum Gasteiger partial charge on any atom is -0.468 e. The fourth-order valence-electron chi connectivity index (χ4n) is 1.66. The zero-order valence-corrected chi connectivity index (χ0v) is 11.8. The van der Waals surface area contributed by atoms with Crippen LogP contribution in [0.15, 0.2) is 18.2 Å². The average molecular weight is 264 g/mol. The van der Waals surface area contributed by atoms with Crippen LogP contribution >= 0.6 is 0 Å². The van der Waals surface area contributed by atoms with Gasteiger partial charge in [0.2, 0.25) is 5.91 Å². The molecule has 1 amide bonds. The lowest BCUT2D eigenvalue weighted by Crippen LogP contribution is -2.34. The van der Waals surface area contributed by atoms with Crippen LogP contribution in [-0.2, 0) is 14.3 Å². The first-order valence-electron chi connectivity index (χ1n) is 6.05. The maximum Gasteiger partial charge on any atom is 0.319 e. The highest BCUT2D eigenvalue weighted by molar-refractivity contribution is 5.93. The number of hydrogen-bond acceptors (Lipinski definition) is 4. The summed E-state index contributed by atoms with van der Waals surface area (Å²) in [4.78, 5) is 24.5. The highest BCUT2D eigenvalue weighted by Gasteiger charge is 2.11. The van der Waals surface area contributed by atoms with Crippen molar-refractivity contribution < 1.29 is 14.3 Å². The van der Waals surface area contributed by atoms with E-state index in [1.54, 1.807) is 11.9 Å². The van der Waals surface area contributed by atoms with Crippen LogP contribution in [0, 0.1) is 13.8 Å². The summed E-state index contributed by atoms with van der Waals surface area (Å²) in [5.74, 6) is -0.512. The second-order valence-corrected chi connectivity index (χ2v) is 4.54. The summed E-state index contributed by atoms with van der Waals surface area (Å²) in [6.45, 7) is 4.19. The van der Waals surface area contributed by atoms with Crippen molar-refractivity contribution in [3.8, 4) is 0 Å². The first-order valence-corrected chi connectivity index (χ1v) is 6.05. The number of ether oxygens (including phenoxy) is 1. The van der Waals surface area contributed by atoms with E-state index in [-0.39, 0.29) is 25.0 Å². The predicted molar refractivity (Wildman–Crippen MR) is 74.1 cm³/mol. The molecule has 0 fully saturated rings. The number of rotatable bonds is 5. The third-order valence-corrected chi connectivity index (χ3v) is 2.92. The first-order chi connectivity index (χ1) is 8.93. The molecule has 0 aliphatic rings. The standard InChI is InChI=1S/C14H20N2O3/c1-10-6-5-7-12(11(10)2)15-13(17)8-16(3)9-14(18)19-4/h5-7H,8-9H2,1-4H3,(H,15,17). The molecule has 1 aromatic carbocycles. The van der Waals surface area contributed by atoms with Gasteiger partial charge in [0, 0.05) is 5.69 Å². The molecular weight excluding hydrogens is 244 g/mol. The van der Waals surface area contributed by atoms with Crippen LogP contribution in [0.3, 0.4) is 0 Å². The number of aryl methyl sites for hydroxylation is 1. The topological polar surface area (TPSA) is 58.6 Å². The third kappa shape index (κ3) is 4.71. The van der Waals surface area contributed by atoms with Crippen LogP contribution in [0.5, 0.6) is 0 Å². The third-order valence-electron chi connectivity index (χ3n) is 2.92. The van der Waals surface area contributed by atoms with Gasteiger partial charge in [-0.3, -0.25) is 14.5 Å². The summed E-state index contributed by atoms with van der Waals surface area (Å²) < 4.78 is 4.54. The minimum atomic E-state index is -0.359. The summed E-state index contributed by atoms with van der Waals surface area (Å²) >= 11 is 0. The summed E-state index contributed by atoms with van der Waals surface area (Å²) in [7, 11) is 3.02. The molecule has 19 heavy (non-hydrogen) atoms. The van der Waals surface area contributed by atoms with E-state index >= 15 is 0 Å². The lowest BCUT2D eigenvalue weighted by atomic mass is 10.1. The van der Waals surface area contributed by atoms with Crippen molar-refractivity contribution in [2.45, 2.75) is 13.8 Å². The molecule has 1 rings (SSSR count). The number of nitrogens with one attached hydrogen (secondary N) is 1. The van der Waals surface area contributed by atoms with Crippen molar-refractivity contribution >= 4 is 17.6 Å². The lowest BCUT2D eigenvalue weighted by molar-refractivity contribution is -0.141. The van der Waals surface area contributed by atoms with E-state index in [0.717, 1.165) is 16.8 Å². The largest absolute Gasteiger partial charge is 0.468 e. The van der Waals surface area contributed by atoms with Gasteiger partial charge in [0.15, 0.2) is 0 Å². The quantitative estimate of drug-likeness (QED) is 0.816. The lowest BCUT2D eigenvalue weighted by Gasteiger charge is -2.16. The van der Waals surface area contributed by atoms with E-state index < -0.39 is 0 Å². The molecule has 0 aliphatic heterocycles. The summed E-state index contributed by atoms with van der Waals surface area (Å²) in [5, 5.41) is 2.84. The fraction of sp³-hybridized carbons (Fsp3) is 0.429. The molecule has 0 atom stereocenters. The number of carbonyl (C=O) groups is 2. The Bertz CT molecular complexity index is 472. The molecule has 104 valence electrons. The van der Waals surface area contributed by atoms with E-state index in [9.17, 15) is 9.59 Å². The van der Waals surface area contributed by atoms with Crippen molar-refractivity contribution in [3.63, 3.8) is 0 Å². The molecule has 0 aliphatic carbocycles. The van der Waals surface area contributed by atoms with Crippen molar-refractivity contribution in [3.05, 3.63) is 29.3 Å². The molecule has 1 N–H and O–H groups in total. The molecule has 0 bridgehead atoms. The van der Waals surface area contributed by atoms with Crippen molar-refractivity contribution in [1.82, 2.24) is 4.90 Å². The smallest absolute Gasteiger partial charge is 0.319 e. The van der Waals surface area contributed by atoms with E-state index in [1.165, 1.54) is 7.11 Å². The highest BCUT2D eigenvalue weighted by Crippen LogP contribution is 2.17. The summed E-state index contributed by atoms with van der Waals surface area (Å²) in [5.41, 5.74) is 2.98. The van der Waals surface area contributed by atoms with Crippen LogP contribution in [0.2, 0.25) is 0 Å². The average Bonchev–Trinajstić information content (AvgIpc) is 2.34. The first kappa shape index (κ1) is 15.2. The van der Waals surface area contributed by atoms with Gasteiger partial charge in [-0.2, -0.15) is 0 Å². The molecule has 0 spiro atoms. The Hall–Kier alpha value is -1.88. The second-order valence-electron chi connectivity index (χ2n) is 4.54. The van der Waals surface area contributed by atoms with Gasteiger partial charge in [-0.25, -0.2) is 0 Å². The number of carbonyl (C=O) groups excluding carboxylic acids is 2. The number of amides is 1. The van der Waals surface area contributed by atoms with Crippen LogP contribution in [-0.4, -0.2) is 44.0 Å². The van der Waals surface area contributed by atoms with Gasteiger partial charge >= 0.3 is 5.97 Å². The van der Waals surface area contributed by atoms with Crippen molar-refractivity contribution in [2.24, 2.45) is 0 Å². The Kier molecular flexibility index (Phi) is 5.51. The Labute approximate surface area is 113 Å². The Balaban J connectivity index is 2.56. The zero-order valence-electron chi connectivity index (χ0n) is 11.8. The number of benzene rings is 1. The number of anilines is 1. The van der Waals surface area contributed by atoms with Gasteiger partial charge in [0.1, 0.15) is 0 Å². The number of methoxy groups -OCH3 is 1. The zero-order chi connectivity index (χ0) is 14.4. The number of nitrogens with zero attached hydrogens (tertiary/aromatic N) is 1. The van der Waals surface area contributed by atoms with E-state index in [2.05, 4.69) is 10.1 Å². The predicted octanol–water partition coefficient (Wildman–Crippen LogP) is 1.35. The van der Waals surface area contributed by atoms with E-state index in [1.807, 2.05) is 32.0 Å². The van der Waals surface area contributed by atoms with Crippen molar-refractivity contribution in [2.75, 3.05) is 32.6 Å². The molecule has 5 nitrogen and oxygen atoms in total. The molecule has 0 radical (unpaired) electrons. The Morgan fingerprint density at radius 3 is 2.58 bits per heavy atom. The molecule has 0 saturated carbocycles. The minimum absolute atomic E-state index is 0.0940. The molecule has 0 heterocycles. The maximum absolute atomic E-state index is 11.9. The highest BCUT2D eigenvalue weighted by atomic mass is 16.5. The summed E-state index contributed by atoms with van der Waals surface area (Å²) in [6.07, 6.45) is 0. The second kappa shape index (κ2) is 6.89. The Morgan fingerprint density at radius 1 is 1.26 bits per heavy atom. The van der Waals surface area contributed by atoms with Crippen LogP contribution < -0.4 is 5.32 Å². The van der Waals surface area contributed by atoms with Gasteiger partial charge < -0.3 is 10.1 Å². The molecular formula is C14H20N2O3. The molecule has 0 saturated heterocycles. The van der Waals surface area contributed by atoms with Gasteiger partial charge in [-0.15, -0.1) is 0 Å². The molecule has 1 aromatic rings. The SMILES string of the molecule is COC(=O)CN(C)CC(=O)Nc1cccc(C)c1C. The van der Waals surface area contributed by atoms with Gasteiger partial charge in [0.25, 0.3) is 0 Å². The molecule has 0 aromatic heterocycles. The van der Waals surface area contributed by atoms with Crippen LogP contribution in [0.1, 0.15) is 11.1 Å². The van der Waals surface area contributed by atoms with Crippen molar-refractivity contribution in [1.29, 1.82) is 0 Å². The van der Waals surface area contributed by atoms with Crippen LogP contribution in [0.25, 0.3) is 0 Å². The maximum atomic E-state index is 11.9. The fourth-order valence-corrected chi connectivity index (χ4v) is 1.66. The molecule has 5 heteroatoms. The van der Waals surface area contributed by atoms with Gasteiger partial charge in [0.05, 0.1) is 20.2 Å². The number of hydrogen-bond donors (Lipinski definition) is 1. The number of likely N-dealkylation sites (N-methyl/N-ethyl adjacent to an activating group) is 1. The molecule has 0 unspecified atom stereocenters. The monoisotopic (exact) mass is 264 g/mol. The van der Waals surface area contributed by atoms with Gasteiger partial charge in [-0.05, 0) is 38.1 Å². The van der Waals surface area contributed by atoms with E-state index in [4.69, 9.17) is 0 Å². The summed E-state index contributed by atoms with van der Waals surface area (Å²) in [6, 6.07) is 5.75. The van der Waals surface area contributed by atoms with Gasteiger partial charge in [-0.1, -0.05) is 12.1 Å².